The van der Waals surface area contributed by atoms with Gasteiger partial charge in [-0.05, 0) is 54.4 Å². The second-order valence-corrected chi connectivity index (χ2v) is 6.95. The molecule has 30 heavy (non-hydrogen) atoms. The smallest absolute Gasteiger partial charge is 0.416 e. The van der Waals surface area contributed by atoms with Crippen molar-refractivity contribution < 1.29 is 22.4 Å². The molecule has 4 nitrogen and oxygen atoms in total. The minimum Gasteiger partial charge on any atom is -0.436 e. The first kappa shape index (κ1) is 19.7. The number of aromatic nitrogens is 1. The Hall–Kier alpha value is -3.61. The molecule has 1 aromatic heterocycles. The predicted octanol–water partition coefficient (Wildman–Crippen LogP) is 6.00. The molecule has 0 radical (unpaired) electrons. The van der Waals surface area contributed by atoms with E-state index in [1.165, 1.54) is 18.2 Å². The quantitative estimate of drug-likeness (QED) is 0.449. The highest BCUT2D eigenvalue weighted by Gasteiger charge is 2.33. The van der Waals surface area contributed by atoms with Gasteiger partial charge in [-0.2, -0.15) is 13.2 Å². The molecule has 0 bridgehead atoms. The molecule has 0 atom stereocenters. The van der Waals surface area contributed by atoms with Gasteiger partial charge in [0.25, 0.3) is 0 Å². The second-order valence-electron chi connectivity index (χ2n) is 6.95. The van der Waals surface area contributed by atoms with Crippen LogP contribution in [0.25, 0.3) is 22.6 Å². The van der Waals surface area contributed by atoms with E-state index in [0.717, 1.165) is 17.1 Å². The minimum atomic E-state index is -4.51. The third kappa shape index (κ3) is 4.20. The summed E-state index contributed by atoms with van der Waals surface area (Å²) in [5.74, 6) is -0.147. The summed E-state index contributed by atoms with van der Waals surface area (Å²) >= 11 is 0. The Morgan fingerprint density at radius 3 is 2.63 bits per heavy atom. The molecule has 0 spiro atoms. The number of nitrogens with zero attached hydrogens (tertiary/aromatic N) is 1. The number of aryl methyl sites for hydroxylation is 1. The number of hydrogen-bond acceptors (Lipinski definition) is 3. The molecule has 0 saturated heterocycles. The van der Waals surface area contributed by atoms with Crippen molar-refractivity contribution in [3.63, 3.8) is 0 Å². The number of oxazole rings is 1. The van der Waals surface area contributed by atoms with Crippen LogP contribution < -0.4 is 5.32 Å². The molecule has 152 valence electrons. The summed E-state index contributed by atoms with van der Waals surface area (Å²) in [5.41, 5.74) is 2.64. The predicted molar refractivity (Wildman–Crippen MR) is 108 cm³/mol. The van der Waals surface area contributed by atoms with Crippen LogP contribution in [0.2, 0.25) is 0 Å². The van der Waals surface area contributed by atoms with Crippen LogP contribution in [0.1, 0.15) is 16.7 Å². The number of halogens is 3. The van der Waals surface area contributed by atoms with Gasteiger partial charge in [-0.3, -0.25) is 4.79 Å². The molecular formula is C23H17F3N2O2. The van der Waals surface area contributed by atoms with E-state index in [-0.39, 0.29) is 12.0 Å². The van der Waals surface area contributed by atoms with Crippen LogP contribution >= 0.6 is 0 Å². The second kappa shape index (κ2) is 7.67. The fraction of sp³-hybridized carbons (Fsp3) is 0.130. The summed E-state index contributed by atoms with van der Waals surface area (Å²) in [7, 11) is 0. The monoisotopic (exact) mass is 410 g/mol. The highest BCUT2D eigenvalue weighted by Crippen LogP contribution is 2.32. The van der Waals surface area contributed by atoms with Gasteiger partial charge in [-0.15, -0.1) is 0 Å². The molecule has 1 heterocycles. The van der Waals surface area contributed by atoms with Crippen molar-refractivity contribution in [2.45, 2.75) is 19.5 Å². The standard InChI is InChI=1S/C23H17F3N2O2/c1-14-9-10-20-19(11-14)28-22(30-20)16-6-4-7-17(12-16)27-21(29)13-15-5-2-3-8-18(15)23(24,25)26/h2-12H,13H2,1H3,(H,27,29). The molecule has 1 amide bonds. The molecule has 0 saturated carbocycles. The number of fused-ring (bicyclic) bond motifs is 1. The average molecular weight is 410 g/mol. The van der Waals surface area contributed by atoms with Crippen molar-refractivity contribution in [1.82, 2.24) is 4.98 Å². The number of alkyl halides is 3. The Balaban J connectivity index is 1.54. The lowest BCUT2D eigenvalue weighted by Gasteiger charge is -2.12. The molecule has 0 unspecified atom stereocenters. The van der Waals surface area contributed by atoms with Crippen LogP contribution in [0, 0.1) is 6.92 Å². The molecular weight excluding hydrogens is 393 g/mol. The van der Waals surface area contributed by atoms with Crippen molar-refractivity contribution in [3.05, 3.63) is 83.4 Å². The zero-order valence-corrected chi connectivity index (χ0v) is 16.0. The van der Waals surface area contributed by atoms with E-state index in [0.29, 0.717) is 22.7 Å². The number of carbonyl (C=O) groups is 1. The fourth-order valence-corrected chi connectivity index (χ4v) is 3.22. The Morgan fingerprint density at radius 2 is 1.83 bits per heavy atom. The maximum atomic E-state index is 13.1. The van der Waals surface area contributed by atoms with Gasteiger partial charge < -0.3 is 9.73 Å². The van der Waals surface area contributed by atoms with E-state index >= 15 is 0 Å². The molecule has 4 rings (SSSR count). The van der Waals surface area contributed by atoms with Gasteiger partial charge in [0.05, 0.1) is 12.0 Å². The molecule has 0 aliphatic heterocycles. The zero-order valence-electron chi connectivity index (χ0n) is 16.0. The maximum Gasteiger partial charge on any atom is 0.416 e. The van der Waals surface area contributed by atoms with Gasteiger partial charge >= 0.3 is 6.18 Å². The maximum absolute atomic E-state index is 13.1. The van der Waals surface area contributed by atoms with Gasteiger partial charge in [-0.25, -0.2) is 4.98 Å². The molecule has 4 aromatic rings. The summed E-state index contributed by atoms with van der Waals surface area (Å²) < 4.78 is 45.2. The number of amides is 1. The zero-order chi connectivity index (χ0) is 21.3. The summed E-state index contributed by atoms with van der Waals surface area (Å²) in [6.07, 6.45) is -4.90. The average Bonchev–Trinajstić information content (AvgIpc) is 3.11. The summed E-state index contributed by atoms with van der Waals surface area (Å²) in [4.78, 5) is 16.8. The normalized spacial score (nSPS) is 11.6. The number of hydrogen-bond donors (Lipinski definition) is 1. The van der Waals surface area contributed by atoms with Crippen LogP contribution in [-0.2, 0) is 17.4 Å². The number of carbonyl (C=O) groups excluding carboxylic acids is 1. The third-order valence-electron chi connectivity index (χ3n) is 4.61. The first-order valence-electron chi connectivity index (χ1n) is 9.22. The third-order valence-corrected chi connectivity index (χ3v) is 4.61. The Labute approximate surface area is 170 Å². The number of anilines is 1. The summed E-state index contributed by atoms with van der Waals surface area (Å²) in [6.45, 7) is 1.96. The van der Waals surface area contributed by atoms with E-state index in [1.54, 1.807) is 24.3 Å². The molecule has 3 aromatic carbocycles. The van der Waals surface area contributed by atoms with E-state index in [4.69, 9.17) is 4.42 Å². The van der Waals surface area contributed by atoms with Gasteiger partial charge in [-0.1, -0.05) is 30.3 Å². The van der Waals surface area contributed by atoms with Gasteiger partial charge in [0.2, 0.25) is 11.8 Å². The Kier molecular flexibility index (Phi) is 5.03. The lowest BCUT2D eigenvalue weighted by Crippen LogP contribution is -2.17. The van der Waals surface area contributed by atoms with Crippen molar-refractivity contribution in [3.8, 4) is 11.5 Å². The SMILES string of the molecule is Cc1ccc2oc(-c3cccc(NC(=O)Cc4ccccc4C(F)(F)F)c3)nc2c1. The van der Waals surface area contributed by atoms with Crippen LogP contribution in [0.4, 0.5) is 18.9 Å². The lowest BCUT2D eigenvalue weighted by molar-refractivity contribution is -0.138. The van der Waals surface area contributed by atoms with Crippen molar-refractivity contribution in [2.75, 3.05) is 5.32 Å². The van der Waals surface area contributed by atoms with E-state index in [1.807, 2.05) is 25.1 Å². The molecule has 7 heteroatoms. The summed E-state index contributed by atoms with van der Waals surface area (Å²) in [5, 5.41) is 2.65. The Morgan fingerprint density at radius 1 is 1.03 bits per heavy atom. The van der Waals surface area contributed by atoms with Gasteiger partial charge in [0.15, 0.2) is 5.58 Å². The minimum absolute atomic E-state index is 0.0759. The van der Waals surface area contributed by atoms with Crippen molar-refractivity contribution in [2.24, 2.45) is 0 Å². The van der Waals surface area contributed by atoms with Crippen molar-refractivity contribution in [1.29, 1.82) is 0 Å². The number of nitrogens with one attached hydrogen (secondary N) is 1. The van der Waals surface area contributed by atoms with Crippen LogP contribution in [0.3, 0.4) is 0 Å². The first-order chi connectivity index (χ1) is 14.3. The van der Waals surface area contributed by atoms with Crippen molar-refractivity contribution >= 4 is 22.7 Å². The summed E-state index contributed by atoms with van der Waals surface area (Å²) in [6, 6.07) is 17.6. The highest BCUT2D eigenvalue weighted by molar-refractivity contribution is 5.93. The number of benzene rings is 3. The lowest BCUT2D eigenvalue weighted by atomic mass is 10.0. The Bertz CT molecular complexity index is 1230. The van der Waals surface area contributed by atoms with Crippen LogP contribution in [0.15, 0.2) is 71.1 Å². The van der Waals surface area contributed by atoms with E-state index < -0.39 is 17.6 Å². The molecule has 0 aliphatic carbocycles. The van der Waals surface area contributed by atoms with Gasteiger partial charge in [0.1, 0.15) is 5.52 Å². The van der Waals surface area contributed by atoms with Crippen LogP contribution in [-0.4, -0.2) is 10.9 Å². The van der Waals surface area contributed by atoms with Crippen LogP contribution in [0.5, 0.6) is 0 Å². The van der Waals surface area contributed by atoms with E-state index in [9.17, 15) is 18.0 Å². The van der Waals surface area contributed by atoms with E-state index in [2.05, 4.69) is 10.3 Å². The van der Waals surface area contributed by atoms with Gasteiger partial charge in [0, 0.05) is 11.3 Å². The molecule has 0 aliphatic rings. The largest absolute Gasteiger partial charge is 0.436 e. The first-order valence-corrected chi connectivity index (χ1v) is 9.22. The molecule has 0 fully saturated rings. The topological polar surface area (TPSA) is 55.1 Å². The molecule has 1 N–H and O–H groups in total. The number of rotatable bonds is 4. The highest BCUT2D eigenvalue weighted by atomic mass is 19.4. The fourth-order valence-electron chi connectivity index (χ4n) is 3.22.